The molecular weight excluding hydrogens is 810 g/mol. The minimum absolute atomic E-state index is 0.139. The maximum absolute atomic E-state index is 16.5. The van der Waals surface area contributed by atoms with Gasteiger partial charge in [-0.3, -0.25) is 20.5 Å². The molecule has 3 unspecified atom stereocenters. The van der Waals surface area contributed by atoms with Crippen molar-refractivity contribution in [2.45, 2.75) is 124 Å². The maximum Gasteiger partial charge on any atom is 0.413 e. The van der Waals surface area contributed by atoms with Crippen molar-refractivity contribution in [3.63, 3.8) is 0 Å². The number of nitrogens with one attached hydrogen (secondary N) is 2. The molecule has 3 atom stereocenters. The van der Waals surface area contributed by atoms with E-state index in [2.05, 4.69) is 44.3 Å². The third kappa shape index (κ3) is 8.77. The van der Waals surface area contributed by atoms with Crippen molar-refractivity contribution in [3.8, 4) is 22.6 Å². The van der Waals surface area contributed by atoms with Crippen molar-refractivity contribution in [2.75, 3.05) is 26.7 Å². The Labute approximate surface area is 376 Å². The lowest BCUT2D eigenvalue weighted by Crippen LogP contribution is -2.54. The molecule has 12 nitrogen and oxygen atoms in total. The fourth-order valence-electron chi connectivity index (χ4n) is 9.12. The largest absolute Gasteiger partial charge is 0.486 e. The number of amides is 1. The van der Waals surface area contributed by atoms with Crippen molar-refractivity contribution in [1.82, 2.24) is 30.0 Å². The maximum atomic E-state index is 16.5. The Bertz CT molecular complexity index is 2570. The molecule has 1 amide bonds. The van der Waals surface area contributed by atoms with E-state index in [1.54, 1.807) is 30.4 Å². The van der Waals surface area contributed by atoms with Gasteiger partial charge in [0.05, 0.1) is 25.5 Å². The number of aryl methyl sites for hydroxylation is 1. The van der Waals surface area contributed by atoms with Gasteiger partial charge in [-0.25, -0.2) is 14.2 Å². The average Bonchev–Trinajstić information content (AvgIpc) is 3.98. The molecule has 3 aromatic carbocycles. The van der Waals surface area contributed by atoms with E-state index in [1.165, 1.54) is 0 Å². The Kier molecular flexibility index (Phi) is 13.2. The minimum Gasteiger partial charge on any atom is -0.486 e. The molecule has 9 rings (SSSR count). The molecule has 1 saturated carbocycles. The van der Waals surface area contributed by atoms with Gasteiger partial charge in [0.2, 0.25) is 5.36 Å². The Hall–Kier alpha value is -5.63. The third-order valence-corrected chi connectivity index (χ3v) is 12.8. The number of aromatic nitrogens is 1. The number of hydrogen-bond donors (Lipinski definition) is 2. The predicted molar refractivity (Wildman–Crippen MR) is 249 cm³/mol. The second-order valence-electron chi connectivity index (χ2n) is 17.4. The molecule has 2 bridgehead atoms. The van der Waals surface area contributed by atoms with E-state index in [9.17, 15) is 4.79 Å². The summed E-state index contributed by atoms with van der Waals surface area (Å²) in [7, 11) is 1.76. The molecule has 0 radical (unpaired) electrons. The fraction of sp³-hybridized carbons (Fsp3) is 0.451. The summed E-state index contributed by atoms with van der Waals surface area (Å²) in [5.41, 5.74) is 6.21. The number of carbonyl (C=O) groups excluding carboxylic acids is 1. The zero-order valence-corrected chi connectivity index (χ0v) is 38.6. The van der Waals surface area contributed by atoms with Crippen LogP contribution in [0.4, 0.5) is 14.9 Å². The number of aliphatic imine (C=N–C) groups is 1. The summed E-state index contributed by atoms with van der Waals surface area (Å²) in [5.74, 6) is 1.41. The zero-order chi connectivity index (χ0) is 45.3. The van der Waals surface area contributed by atoms with E-state index in [1.807, 2.05) is 77.9 Å². The lowest BCUT2D eigenvalue weighted by molar-refractivity contribution is -0.00909. The van der Waals surface area contributed by atoms with Crippen molar-refractivity contribution >= 4 is 29.6 Å². The molecule has 4 aromatic rings. The number of ether oxygens (including phenoxy) is 4. The molecule has 0 spiro atoms. The van der Waals surface area contributed by atoms with Crippen LogP contribution in [-0.2, 0) is 22.5 Å². The standard InChI is InChI=1S/C49H57FN7O5.C2H6/c1-8-33-19-20-52-24-40(33)61-31(4)54-46-35(30(3)57-41-27-56(42(57)25-53-41)48(58)62-49(5,6)51-7)22-36(34-17-18-34)45(47(46)60-28-32-14-10-9-11-15-32)44-29(2)38(50)23-39-37(44)26-55(39)43-16-12-13-21-59-43;1-2/h9-11,14-15,19-20,22-24,26,34,41-43,51,53H,3,8,12-13,16-18,21,25,27-28H2,1-2,4-7H3;1-2H3/q+1;. The number of halogens is 1. The van der Waals surface area contributed by atoms with Gasteiger partial charge < -0.3 is 23.8 Å². The Morgan fingerprint density at radius 1 is 1.12 bits per heavy atom. The first-order chi connectivity index (χ1) is 31.0. The van der Waals surface area contributed by atoms with Crippen LogP contribution in [0.15, 0.2) is 72.5 Å². The zero-order valence-electron chi connectivity index (χ0n) is 38.6. The van der Waals surface area contributed by atoms with Crippen LogP contribution in [-0.4, -0.2) is 77.8 Å². The summed E-state index contributed by atoms with van der Waals surface area (Å²) in [5, 5.41) is 8.40. The van der Waals surface area contributed by atoms with Gasteiger partial charge in [0.15, 0.2) is 29.3 Å². The van der Waals surface area contributed by atoms with E-state index >= 15 is 4.39 Å². The highest BCUT2D eigenvalue weighted by Gasteiger charge is 2.50. The molecule has 4 aliphatic heterocycles. The van der Waals surface area contributed by atoms with Gasteiger partial charge in [-0.05, 0) is 100 Å². The van der Waals surface area contributed by atoms with Gasteiger partial charge in [0.1, 0.15) is 29.5 Å². The van der Waals surface area contributed by atoms with Crippen molar-refractivity contribution in [3.05, 3.63) is 112 Å². The summed E-state index contributed by atoms with van der Waals surface area (Å²) in [4.78, 5) is 27.3. The highest BCUT2D eigenvalue weighted by atomic mass is 19.1. The average molecular weight is 873 g/mol. The number of piperazine rings is 1. The van der Waals surface area contributed by atoms with Gasteiger partial charge in [-0.15, -0.1) is 0 Å². The summed E-state index contributed by atoms with van der Waals surface area (Å²) in [6, 6.07) is 15.8. The van der Waals surface area contributed by atoms with E-state index in [4.69, 9.17) is 30.5 Å². The molecule has 1 aromatic heterocycles. The highest BCUT2D eigenvalue weighted by Crippen LogP contribution is 2.54. The first-order valence-corrected chi connectivity index (χ1v) is 23.0. The summed E-state index contributed by atoms with van der Waals surface area (Å²) >= 11 is 0. The number of pyridine rings is 1. The van der Waals surface area contributed by atoms with Crippen LogP contribution in [0.3, 0.4) is 0 Å². The number of benzene rings is 3. The SMILES string of the molecule is C=C(c1cc(C2CC2)c(-c2c(C)c(F)cc3c2=C[N+]=3C2CCCCO2)c(OCc2ccccc2)c1N=C(C)Oc1cnccc1CC)N1C2CN(C(=O)OC(C)(C)NC)C1CN2.CC. The molecule has 4 fully saturated rings. The van der Waals surface area contributed by atoms with E-state index in [-0.39, 0.29) is 36.9 Å². The molecule has 1 aliphatic carbocycles. The summed E-state index contributed by atoms with van der Waals surface area (Å²) in [6.07, 6.45) is 10.1. The van der Waals surface area contributed by atoms with Gasteiger partial charge in [0, 0.05) is 54.5 Å². The minimum atomic E-state index is -0.853. The first-order valence-electron chi connectivity index (χ1n) is 23.0. The van der Waals surface area contributed by atoms with Gasteiger partial charge >= 0.3 is 6.09 Å². The molecule has 338 valence electrons. The van der Waals surface area contributed by atoms with Gasteiger partial charge in [-0.1, -0.05) is 57.7 Å². The fourth-order valence-corrected chi connectivity index (χ4v) is 9.12. The van der Waals surface area contributed by atoms with Crippen molar-refractivity contribution in [2.24, 2.45) is 4.99 Å². The van der Waals surface area contributed by atoms with Crippen LogP contribution < -0.4 is 35.3 Å². The predicted octanol–water partition coefficient (Wildman–Crippen LogP) is 8.08. The van der Waals surface area contributed by atoms with Gasteiger partial charge in [0.25, 0.3) is 6.23 Å². The lowest BCUT2D eigenvalue weighted by Gasteiger charge is -2.32. The monoisotopic (exact) mass is 872 g/mol. The van der Waals surface area contributed by atoms with Gasteiger partial charge in [-0.2, -0.15) is 4.58 Å². The van der Waals surface area contributed by atoms with Crippen LogP contribution >= 0.6 is 0 Å². The number of hydrogen-bond acceptors (Lipinski definition) is 10. The third-order valence-electron chi connectivity index (χ3n) is 12.8. The number of fused-ring (bicyclic) bond motifs is 3. The van der Waals surface area contributed by atoms with E-state index < -0.39 is 11.8 Å². The van der Waals surface area contributed by atoms with Crippen LogP contribution in [0, 0.1) is 12.7 Å². The van der Waals surface area contributed by atoms with E-state index in [0.29, 0.717) is 54.0 Å². The van der Waals surface area contributed by atoms with Crippen LogP contribution in [0.25, 0.3) is 23.0 Å². The topological polar surface area (TPSA) is 113 Å². The molecule has 64 heavy (non-hydrogen) atoms. The smallest absolute Gasteiger partial charge is 0.413 e. The lowest BCUT2D eigenvalue weighted by atomic mass is 9.87. The molecule has 3 saturated heterocycles. The number of rotatable bonds is 13. The van der Waals surface area contributed by atoms with Crippen LogP contribution in [0.2, 0.25) is 0 Å². The van der Waals surface area contributed by atoms with Crippen LogP contribution in [0.5, 0.6) is 11.5 Å². The quantitative estimate of drug-likeness (QED) is 0.0597. The first kappa shape index (κ1) is 45.0. The highest BCUT2D eigenvalue weighted by molar-refractivity contribution is 5.93. The van der Waals surface area contributed by atoms with Crippen molar-refractivity contribution in [1.29, 1.82) is 0 Å². The number of nitrogens with zero attached hydrogens (tertiary/aromatic N) is 5. The Morgan fingerprint density at radius 3 is 2.61 bits per heavy atom. The second-order valence-corrected chi connectivity index (χ2v) is 17.4. The molecule has 5 heterocycles. The molecule has 2 N–H and O–H groups in total. The van der Waals surface area contributed by atoms with Crippen LogP contribution in [0.1, 0.15) is 107 Å². The Morgan fingerprint density at radius 2 is 1.91 bits per heavy atom. The Balaban J connectivity index is 0.00000276. The molecular formula is C51H63FN7O5+. The van der Waals surface area contributed by atoms with Crippen molar-refractivity contribution < 1.29 is 28.1 Å². The van der Waals surface area contributed by atoms with E-state index in [0.717, 1.165) is 82.5 Å². The summed E-state index contributed by atoms with van der Waals surface area (Å²) in [6.45, 7) is 20.0. The second kappa shape index (κ2) is 18.8. The number of carbonyl (C=O) groups is 1. The normalized spacial score (nSPS) is 20.2. The molecule has 13 heteroatoms. The summed E-state index contributed by atoms with van der Waals surface area (Å²) < 4.78 is 44.3. The molecule has 5 aliphatic rings.